The highest BCUT2D eigenvalue weighted by Crippen LogP contribution is 2.31. The number of ether oxygens (including phenoxy) is 2. The summed E-state index contributed by atoms with van der Waals surface area (Å²) in [6.45, 7) is 2.87. The molecule has 0 saturated heterocycles. The molecule has 0 unspecified atom stereocenters. The minimum atomic E-state index is -0.118. The maximum absolute atomic E-state index is 13.2. The average Bonchev–Trinajstić information content (AvgIpc) is 3.32. The number of aromatic nitrogens is 2. The van der Waals surface area contributed by atoms with Gasteiger partial charge in [0, 0.05) is 37.5 Å². The fourth-order valence-electron chi connectivity index (χ4n) is 3.94. The zero-order valence-electron chi connectivity index (χ0n) is 20.4. The predicted octanol–water partition coefficient (Wildman–Crippen LogP) is 4.54. The number of hydrogen-bond acceptors (Lipinski definition) is 6. The molecular formula is C27H29N3O4S. The van der Waals surface area contributed by atoms with E-state index in [1.165, 1.54) is 22.2 Å². The van der Waals surface area contributed by atoms with Crippen molar-refractivity contribution in [2.45, 2.75) is 26.3 Å². The first-order valence-electron chi connectivity index (χ1n) is 11.4. The Kier molecular flexibility index (Phi) is 7.51. The highest BCUT2D eigenvalue weighted by atomic mass is 32.1. The van der Waals surface area contributed by atoms with E-state index < -0.39 is 0 Å². The van der Waals surface area contributed by atoms with E-state index in [-0.39, 0.29) is 24.4 Å². The molecule has 0 spiro atoms. The molecule has 0 aliphatic heterocycles. The normalized spacial score (nSPS) is 11.0. The number of carbonyl (C=O) groups is 1. The smallest absolute Gasteiger partial charge is 0.262 e. The van der Waals surface area contributed by atoms with Gasteiger partial charge in [-0.15, -0.1) is 11.3 Å². The SMILES string of the molecule is COc1ccc(CCN(C)C(=O)CCn2cnc3scc(-c4ccc(C)cc4)c3c2=O)cc1OC. The molecule has 35 heavy (non-hydrogen) atoms. The van der Waals surface area contributed by atoms with Crippen molar-refractivity contribution in [3.05, 3.63) is 75.7 Å². The second kappa shape index (κ2) is 10.7. The number of amides is 1. The van der Waals surface area contributed by atoms with Crippen molar-refractivity contribution in [1.29, 1.82) is 0 Å². The van der Waals surface area contributed by atoms with Crippen molar-refractivity contribution in [3.63, 3.8) is 0 Å². The molecule has 1 amide bonds. The number of fused-ring (bicyclic) bond motifs is 1. The van der Waals surface area contributed by atoms with Crippen LogP contribution in [0.25, 0.3) is 21.3 Å². The molecule has 0 atom stereocenters. The first-order valence-corrected chi connectivity index (χ1v) is 12.3. The number of benzene rings is 2. The third-order valence-electron chi connectivity index (χ3n) is 6.10. The van der Waals surface area contributed by atoms with Gasteiger partial charge in [0.25, 0.3) is 5.56 Å². The summed E-state index contributed by atoms with van der Waals surface area (Å²) in [7, 11) is 4.98. The van der Waals surface area contributed by atoms with Crippen molar-refractivity contribution in [2.75, 3.05) is 27.8 Å². The zero-order chi connectivity index (χ0) is 24.9. The minimum Gasteiger partial charge on any atom is -0.493 e. The van der Waals surface area contributed by atoms with Gasteiger partial charge in [-0.2, -0.15) is 0 Å². The van der Waals surface area contributed by atoms with Crippen molar-refractivity contribution >= 4 is 27.5 Å². The molecule has 4 rings (SSSR count). The van der Waals surface area contributed by atoms with E-state index in [1.54, 1.807) is 26.2 Å². The molecule has 8 heteroatoms. The average molecular weight is 492 g/mol. The summed E-state index contributed by atoms with van der Waals surface area (Å²) in [5, 5.41) is 2.58. The van der Waals surface area contributed by atoms with Crippen molar-refractivity contribution in [2.24, 2.45) is 0 Å². The summed E-state index contributed by atoms with van der Waals surface area (Å²) in [4.78, 5) is 32.9. The van der Waals surface area contributed by atoms with Gasteiger partial charge in [-0.3, -0.25) is 14.2 Å². The molecule has 0 radical (unpaired) electrons. The molecule has 0 fully saturated rings. The lowest BCUT2D eigenvalue weighted by molar-refractivity contribution is -0.130. The van der Waals surface area contributed by atoms with Crippen LogP contribution in [0.1, 0.15) is 17.5 Å². The Balaban J connectivity index is 1.42. The van der Waals surface area contributed by atoms with E-state index in [0.29, 0.717) is 34.7 Å². The van der Waals surface area contributed by atoms with Crippen molar-refractivity contribution in [1.82, 2.24) is 14.5 Å². The third kappa shape index (κ3) is 5.38. The van der Waals surface area contributed by atoms with Crippen LogP contribution in [0.5, 0.6) is 11.5 Å². The van der Waals surface area contributed by atoms with E-state index >= 15 is 0 Å². The molecule has 0 saturated carbocycles. The molecule has 2 heterocycles. The van der Waals surface area contributed by atoms with Gasteiger partial charge in [0.2, 0.25) is 5.91 Å². The molecule has 0 N–H and O–H groups in total. The van der Waals surface area contributed by atoms with Crippen LogP contribution in [-0.4, -0.2) is 48.2 Å². The number of rotatable bonds is 9. The van der Waals surface area contributed by atoms with Crippen LogP contribution in [0, 0.1) is 6.92 Å². The van der Waals surface area contributed by atoms with Gasteiger partial charge < -0.3 is 14.4 Å². The molecule has 4 aromatic rings. The van der Waals surface area contributed by atoms with Crippen LogP contribution in [0.3, 0.4) is 0 Å². The second-order valence-corrected chi connectivity index (χ2v) is 9.30. The van der Waals surface area contributed by atoms with Gasteiger partial charge in [0.05, 0.1) is 25.9 Å². The van der Waals surface area contributed by atoms with Crippen LogP contribution in [-0.2, 0) is 17.8 Å². The largest absolute Gasteiger partial charge is 0.493 e. The lowest BCUT2D eigenvalue weighted by atomic mass is 10.1. The summed E-state index contributed by atoms with van der Waals surface area (Å²) < 4.78 is 12.2. The first kappa shape index (κ1) is 24.5. The molecule has 0 bridgehead atoms. The number of methoxy groups -OCH3 is 2. The number of likely N-dealkylation sites (N-methyl/N-ethyl adjacent to an activating group) is 1. The Morgan fingerprint density at radius 2 is 1.83 bits per heavy atom. The summed E-state index contributed by atoms with van der Waals surface area (Å²) >= 11 is 1.46. The Hall–Kier alpha value is -3.65. The van der Waals surface area contributed by atoms with Gasteiger partial charge in [-0.25, -0.2) is 4.98 Å². The number of aryl methyl sites for hydroxylation is 2. The molecule has 0 aliphatic carbocycles. The predicted molar refractivity (Wildman–Crippen MR) is 140 cm³/mol. The van der Waals surface area contributed by atoms with E-state index in [0.717, 1.165) is 22.3 Å². The van der Waals surface area contributed by atoms with E-state index in [4.69, 9.17) is 9.47 Å². The quantitative estimate of drug-likeness (QED) is 0.344. The van der Waals surface area contributed by atoms with Gasteiger partial charge in [-0.05, 0) is 36.6 Å². The molecule has 182 valence electrons. The minimum absolute atomic E-state index is 0.0263. The molecular weight excluding hydrogens is 462 g/mol. The topological polar surface area (TPSA) is 73.7 Å². The van der Waals surface area contributed by atoms with Gasteiger partial charge in [-0.1, -0.05) is 35.9 Å². The van der Waals surface area contributed by atoms with E-state index in [2.05, 4.69) is 4.98 Å². The highest BCUT2D eigenvalue weighted by molar-refractivity contribution is 7.17. The number of hydrogen-bond donors (Lipinski definition) is 0. The van der Waals surface area contributed by atoms with Crippen molar-refractivity contribution in [3.8, 4) is 22.6 Å². The summed E-state index contributed by atoms with van der Waals surface area (Å²) in [6.07, 6.45) is 2.45. The molecule has 0 aliphatic rings. The van der Waals surface area contributed by atoms with Crippen LogP contribution < -0.4 is 15.0 Å². The van der Waals surface area contributed by atoms with Gasteiger partial charge >= 0.3 is 0 Å². The monoisotopic (exact) mass is 491 g/mol. The van der Waals surface area contributed by atoms with E-state index in [9.17, 15) is 9.59 Å². The summed E-state index contributed by atoms with van der Waals surface area (Å²) in [5.74, 6) is 1.31. The van der Waals surface area contributed by atoms with Gasteiger partial charge in [0.1, 0.15) is 4.83 Å². The highest BCUT2D eigenvalue weighted by Gasteiger charge is 2.15. The Labute approximate surface area is 208 Å². The number of nitrogens with zero attached hydrogens (tertiary/aromatic N) is 3. The van der Waals surface area contributed by atoms with Crippen LogP contribution in [0.15, 0.2) is 59.0 Å². The van der Waals surface area contributed by atoms with Crippen LogP contribution in [0.4, 0.5) is 0 Å². The van der Waals surface area contributed by atoms with Gasteiger partial charge in [0.15, 0.2) is 11.5 Å². The summed E-state index contributed by atoms with van der Waals surface area (Å²) in [5.41, 5.74) is 3.97. The Morgan fingerprint density at radius 3 is 2.54 bits per heavy atom. The summed E-state index contributed by atoms with van der Waals surface area (Å²) in [6, 6.07) is 13.8. The maximum atomic E-state index is 13.2. The molecule has 2 aromatic carbocycles. The number of thiophene rings is 1. The van der Waals surface area contributed by atoms with Crippen molar-refractivity contribution < 1.29 is 14.3 Å². The van der Waals surface area contributed by atoms with E-state index in [1.807, 2.05) is 54.8 Å². The lowest BCUT2D eigenvalue weighted by Gasteiger charge is -2.18. The standard InChI is InChI=1S/C27H29N3O4S/c1-18-5-8-20(9-6-18)21-16-35-26-25(21)27(32)30(17-28-26)14-12-24(31)29(2)13-11-19-7-10-22(33-3)23(15-19)34-4/h5-10,15-17H,11-14H2,1-4H3. The fraction of sp³-hybridized carbons (Fsp3) is 0.296. The Morgan fingerprint density at radius 1 is 1.09 bits per heavy atom. The first-order chi connectivity index (χ1) is 16.9. The second-order valence-electron chi connectivity index (χ2n) is 8.44. The molecule has 2 aromatic heterocycles. The van der Waals surface area contributed by atoms with Crippen LogP contribution in [0.2, 0.25) is 0 Å². The number of carbonyl (C=O) groups excluding carboxylic acids is 1. The van der Waals surface area contributed by atoms with Crippen LogP contribution >= 0.6 is 11.3 Å². The maximum Gasteiger partial charge on any atom is 0.262 e. The fourth-order valence-corrected chi connectivity index (χ4v) is 4.84. The lowest BCUT2D eigenvalue weighted by Crippen LogP contribution is -2.31. The Bertz CT molecular complexity index is 1390. The molecule has 7 nitrogen and oxygen atoms in total. The zero-order valence-corrected chi connectivity index (χ0v) is 21.2. The third-order valence-corrected chi connectivity index (χ3v) is 6.99.